The average Bonchev–Trinajstić information content (AvgIpc) is 2.87. The minimum Gasteiger partial charge on any atom is -0.271 e. The zero-order chi connectivity index (χ0) is 20.6. The summed E-state index contributed by atoms with van der Waals surface area (Å²) in [6, 6.07) is 11.9. The first-order valence-electron chi connectivity index (χ1n) is 9.13. The maximum Gasteiger partial charge on any atom is 0.261 e. The second-order valence-electron chi connectivity index (χ2n) is 7.24. The van der Waals surface area contributed by atoms with Crippen molar-refractivity contribution in [3.05, 3.63) is 64.7 Å². The predicted molar refractivity (Wildman–Crippen MR) is 109 cm³/mol. The summed E-state index contributed by atoms with van der Waals surface area (Å²) in [5.74, 6) is -0.655. The molecular weight excluding hydrogens is 376 g/mol. The van der Waals surface area contributed by atoms with Gasteiger partial charge >= 0.3 is 0 Å². The van der Waals surface area contributed by atoms with Gasteiger partial charge in [0.15, 0.2) is 0 Å². The van der Waals surface area contributed by atoms with Gasteiger partial charge < -0.3 is 0 Å². The van der Waals surface area contributed by atoms with E-state index < -0.39 is 16.1 Å². The zero-order valence-corrected chi connectivity index (χ0v) is 17.3. The van der Waals surface area contributed by atoms with E-state index in [9.17, 15) is 18.0 Å². The van der Waals surface area contributed by atoms with Gasteiger partial charge in [-0.2, -0.15) is 0 Å². The van der Waals surface area contributed by atoms with Crippen LogP contribution in [-0.4, -0.2) is 44.0 Å². The van der Waals surface area contributed by atoms with Crippen LogP contribution in [0.15, 0.2) is 42.5 Å². The lowest BCUT2D eigenvalue weighted by Crippen LogP contribution is -2.41. The van der Waals surface area contributed by atoms with Crippen LogP contribution >= 0.6 is 0 Å². The smallest absolute Gasteiger partial charge is 0.261 e. The summed E-state index contributed by atoms with van der Waals surface area (Å²) in [7, 11) is -3.52. The molecule has 1 aliphatic rings. The number of fused-ring (bicyclic) bond motifs is 1. The Morgan fingerprint density at radius 1 is 0.929 bits per heavy atom. The summed E-state index contributed by atoms with van der Waals surface area (Å²) in [5, 5.41) is 0. The zero-order valence-electron chi connectivity index (χ0n) is 16.5. The molecule has 0 bridgehead atoms. The van der Waals surface area contributed by atoms with Crippen LogP contribution in [-0.2, 0) is 10.0 Å². The molecule has 1 aliphatic heterocycles. The summed E-state index contributed by atoms with van der Waals surface area (Å²) >= 11 is 0. The molecule has 0 saturated carbocycles. The van der Waals surface area contributed by atoms with Gasteiger partial charge in [-0.05, 0) is 50.5 Å². The van der Waals surface area contributed by atoms with Crippen LogP contribution in [0, 0.1) is 13.8 Å². The number of sulfonamides is 1. The first kappa shape index (κ1) is 20.1. The maximum atomic E-state index is 12.6. The molecule has 28 heavy (non-hydrogen) atoms. The van der Waals surface area contributed by atoms with Crippen LogP contribution in [0.5, 0.6) is 0 Å². The molecule has 2 aromatic rings. The van der Waals surface area contributed by atoms with E-state index in [0.29, 0.717) is 23.2 Å². The quantitative estimate of drug-likeness (QED) is 0.698. The molecule has 0 N–H and O–H groups in total. The van der Waals surface area contributed by atoms with Crippen LogP contribution in [0.2, 0.25) is 0 Å². The number of imide groups is 1. The number of carbonyl (C=O) groups is 2. The summed E-state index contributed by atoms with van der Waals surface area (Å²) in [4.78, 5) is 26.5. The van der Waals surface area contributed by atoms with Gasteiger partial charge in [0.25, 0.3) is 11.8 Å². The van der Waals surface area contributed by atoms with E-state index in [1.54, 1.807) is 31.2 Å². The lowest BCUT2D eigenvalue weighted by Gasteiger charge is -2.29. The third kappa shape index (κ3) is 3.54. The van der Waals surface area contributed by atoms with Crippen LogP contribution in [0.3, 0.4) is 0 Å². The topological polar surface area (TPSA) is 74.8 Å². The molecule has 148 valence electrons. The van der Waals surface area contributed by atoms with E-state index in [-0.39, 0.29) is 18.4 Å². The SMILES string of the molecule is Cc1cccc(C)c1N(CCC(C)N1C(=O)c2ccccc2C1=O)S(C)(=O)=O. The lowest BCUT2D eigenvalue weighted by molar-refractivity contribution is 0.0592. The molecule has 0 aromatic heterocycles. The van der Waals surface area contributed by atoms with Gasteiger partial charge in [-0.1, -0.05) is 30.3 Å². The Balaban J connectivity index is 1.83. The van der Waals surface area contributed by atoms with Crippen LogP contribution in [0.4, 0.5) is 5.69 Å². The standard InChI is InChI=1S/C21H24N2O4S/c1-14-8-7-9-15(2)19(14)22(28(4,26)27)13-12-16(3)23-20(24)17-10-5-6-11-18(17)21(23)25/h5-11,16H,12-13H2,1-4H3. The normalized spacial score (nSPS) is 14.9. The van der Waals surface area contributed by atoms with Crippen molar-refractivity contribution >= 4 is 27.5 Å². The number of nitrogens with zero attached hydrogens (tertiary/aromatic N) is 2. The van der Waals surface area contributed by atoms with E-state index >= 15 is 0 Å². The second kappa shape index (κ2) is 7.39. The average molecular weight is 401 g/mol. The number of rotatable bonds is 6. The molecule has 0 aliphatic carbocycles. The van der Waals surface area contributed by atoms with Gasteiger partial charge in [-0.25, -0.2) is 8.42 Å². The maximum absolute atomic E-state index is 12.6. The number of hydrogen-bond donors (Lipinski definition) is 0. The minimum atomic E-state index is -3.52. The fourth-order valence-corrected chi connectivity index (χ4v) is 4.74. The number of hydrogen-bond acceptors (Lipinski definition) is 4. The first-order valence-corrected chi connectivity index (χ1v) is 11.0. The predicted octanol–water partition coefficient (Wildman–Crippen LogP) is 3.14. The van der Waals surface area contributed by atoms with Crippen molar-refractivity contribution < 1.29 is 18.0 Å². The number of aryl methyl sites for hydroxylation is 2. The molecule has 0 fully saturated rings. The molecule has 1 heterocycles. The molecular formula is C21H24N2O4S. The fraction of sp³-hybridized carbons (Fsp3) is 0.333. The first-order chi connectivity index (χ1) is 13.1. The van der Waals surface area contributed by atoms with E-state index in [4.69, 9.17) is 0 Å². The molecule has 0 spiro atoms. The largest absolute Gasteiger partial charge is 0.271 e. The van der Waals surface area contributed by atoms with E-state index in [1.165, 1.54) is 15.5 Å². The summed E-state index contributed by atoms with van der Waals surface area (Å²) in [5.41, 5.74) is 3.17. The molecule has 2 aromatic carbocycles. The number of carbonyl (C=O) groups excluding carboxylic acids is 2. The van der Waals surface area contributed by atoms with Crippen LogP contribution in [0.25, 0.3) is 0 Å². The third-order valence-electron chi connectivity index (χ3n) is 5.11. The number of amides is 2. The van der Waals surface area contributed by atoms with E-state index in [1.807, 2.05) is 32.0 Å². The summed E-state index contributed by atoms with van der Waals surface area (Å²) in [6.45, 7) is 5.69. The Labute approximate surface area is 165 Å². The van der Waals surface area contributed by atoms with Crippen LogP contribution < -0.4 is 4.31 Å². The molecule has 0 radical (unpaired) electrons. The van der Waals surface area contributed by atoms with Crippen molar-refractivity contribution in [2.45, 2.75) is 33.2 Å². The summed E-state index contributed by atoms with van der Waals surface area (Å²) < 4.78 is 26.3. The Kier molecular flexibility index (Phi) is 5.30. The molecule has 6 nitrogen and oxygen atoms in total. The Morgan fingerprint density at radius 2 is 1.43 bits per heavy atom. The highest BCUT2D eigenvalue weighted by atomic mass is 32.2. The Bertz CT molecular complexity index is 991. The van der Waals surface area contributed by atoms with Gasteiger partial charge in [-0.15, -0.1) is 0 Å². The third-order valence-corrected chi connectivity index (χ3v) is 6.27. The van der Waals surface area contributed by atoms with Crippen molar-refractivity contribution in [2.24, 2.45) is 0 Å². The number of para-hydroxylation sites is 1. The highest BCUT2D eigenvalue weighted by Gasteiger charge is 2.38. The summed E-state index contributed by atoms with van der Waals surface area (Å²) in [6.07, 6.45) is 1.51. The molecule has 2 amide bonds. The van der Waals surface area contributed by atoms with Crippen molar-refractivity contribution in [3.8, 4) is 0 Å². The van der Waals surface area contributed by atoms with E-state index in [2.05, 4.69) is 0 Å². The second-order valence-corrected chi connectivity index (χ2v) is 9.15. The van der Waals surface area contributed by atoms with Crippen molar-refractivity contribution in [2.75, 3.05) is 17.1 Å². The highest BCUT2D eigenvalue weighted by molar-refractivity contribution is 7.92. The molecule has 0 saturated heterocycles. The Hall–Kier alpha value is -2.67. The van der Waals surface area contributed by atoms with Gasteiger partial charge in [-0.3, -0.25) is 18.8 Å². The van der Waals surface area contributed by atoms with Crippen molar-refractivity contribution in [1.29, 1.82) is 0 Å². The molecule has 1 atom stereocenters. The van der Waals surface area contributed by atoms with Crippen molar-refractivity contribution in [3.63, 3.8) is 0 Å². The van der Waals surface area contributed by atoms with Crippen molar-refractivity contribution in [1.82, 2.24) is 4.90 Å². The fourth-order valence-electron chi connectivity index (χ4n) is 3.68. The van der Waals surface area contributed by atoms with Gasteiger partial charge in [0.1, 0.15) is 0 Å². The van der Waals surface area contributed by atoms with Crippen LogP contribution in [0.1, 0.15) is 45.2 Å². The Morgan fingerprint density at radius 3 is 1.89 bits per heavy atom. The molecule has 3 rings (SSSR count). The monoisotopic (exact) mass is 400 g/mol. The van der Waals surface area contributed by atoms with Gasteiger partial charge in [0, 0.05) is 12.6 Å². The lowest BCUT2D eigenvalue weighted by atomic mass is 10.1. The number of anilines is 1. The van der Waals surface area contributed by atoms with E-state index in [0.717, 1.165) is 11.1 Å². The van der Waals surface area contributed by atoms with Gasteiger partial charge in [0.2, 0.25) is 10.0 Å². The van der Waals surface area contributed by atoms with Gasteiger partial charge in [0.05, 0.1) is 23.1 Å². The minimum absolute atomic E-state index is 0.180. The highest BCUT2D eigenvalue weighted by Crippen LogP contribution is 2.29. The molecule has 1 unspecified atom stereocenters. The number of benzene rings is 2. The molecule has 7 heteroatoms.